The lowest BCUT2D eigenvalue weighted by Gasteiger charge is -2.27. The quantitative estimate of drug-likeness (QED) is 0.835. The molecule has 2 heterocycles. The molecule has 1 aromatic carbocycles. The molecule has 24 heavy (non-hydrogen) atoms. The summed E-state index contributed by atoms with van der Waals surface area (Å²) in [6, 6.07) is 8.78. The average Bonchev–Trinajstić information content (AvgIpc) is 2.54. The van der Waals surface area contributed by atoms with Crippen molar-refractivity contribution in [3.63, 3.8) is 0 Å². The molecule has 0 bridgehead atoms. The molecule has 3 N–H and O–H groups in total. The predicted molar refractivity (Wildman–Crippen MR) is 88.6 cm³/mol. The fourth-order valence-electron chi connectivity index (χ4n) is 2.96. The van der Waals surface area contributed by atoms with Crippen molar-refractivity contribution in [2.45, 2.75) is 19.8 Å². The molecule has 0 radical (unpaired) electrons. The van der Waals surface area contributed by atoms with E-state index in [9.17, 15) is 15.2 Å². The molecule has 0 amide bonds. The second-order valence-electron chi connectivity index (χ2n) is 5.91. The largest absolute Gasteiger partial charge is 0.508 e. The van der Waals surface area contributed by atoms with Gasteiger partial charge in [-0.05, 0) is 19.9 Å². The number of benzene rings is 1. The normalized spacial score (nSPS) is 16.3. The Hall–Kier alpha value is -3.20. The third-order valence-electron chi connectivity index (χ3n) is 4.35. The molecule has 1 atom stereocenters. The highest BCUT2D eigenvalue weighted by Gasteiger charge is 2.35. The topological polar surface area (TPSA) is 101 Å². The molecule has 6 nitrogen and oxygen atoms in total. The second kappa shape index (κ2) is 5.46. The lowest BCUT2D eigenvalue weighted by molar-refractivity contribution is 0.387. The minimum Gasteiger partial charge on any atom is -0.508 e. The molecule has 3 rings (SSSR count). The first-order valence-electron chi connectivity index (χ1n) is 7.42. The zero-order chi connectivity index (χ0) is 17.6. The van der Waals surface area contributed by atoms with Crippen LogP contribution in [-0.2, 0) is 7.05 Å². The van der Waals surface area contributed by atoms with Crippen LogP contribution in [0.1, 0.15) is 28.3 Å². The van der Waals surface area contributed by atoms with Crippen molar-refractivity contribution in [2.75, 3.05) is 0 Å². The molecule has 1 unspecified atom stereocenters. The average molecular weight is 323 g/mol. The summed E-state index contributed by atoms with van der Waals surface area (Å²) in [6.45, 7) is 3.65. The van der Waals surface area contributed by atoms with E-state index in [1.54, 1.807) is 38.2 Å². The third kappa shape index (κ3) is 2.22. The Labute approximate surface area is 139 Å². The Morgan fingerprint density at radius 2 is 2.04 bits per heavy atom. The lowest BCUT2D eigenvalue weighted by atomic mass is 9.83. The van der Waals surface area contributed by atoms with Crippen molar-refractivity contribution < 1.29 is 9.84 Å². The van der Waals surface area contributed by atoms with E-state index in [0.717, 1.165) is 5.56 Å². The number of ether oxygens (including phenoxy) is 1. The van der Waals surface area contributed by atoms with Gasteiger partial charge in [-0.1, -0.05) is 17.7 Å². The third-order valence-corrected chi connectivity index (χ3v) is 4.35. The van der Waals surface area contributed by atoms with Gasteiger partial charge in [-0.2, -0.15) is 5.26 Å². The van der Waals surface area contributed by atoms with Crippen LogP contribution < -0.4 is 16.0 Å². The number of aryl methyl sites for hydroxylation is 2. The van der Waals surface area contributed by atoms with Crippen LogP contribution in [0.25, 0.3) is 0 Å². The Balaban J connectivity index is 2.40. The molecule has 1 aliphatic heterocycles. The summed E-state index contributed by atoms with van der Waals surface area (Å²) in [6.07, 6.45) is 0. The number of nitrogens with zero attached hydrogens (tertiary/aromatic N) is 2. The number of hydrogen-bond acceptors (Lipinski definition) is 5. The number of aromatic nitrogens is 1. The Morgan fingerprint density at radius 3 is 2.71 bits per heavy atom. The number of aromatic hydroxyl groups is 1. The van der Waals surface area contributed by atoms with Crippen molar-refractivity contribution in [1.82, 2.24) is 4.57 Å². The van der Waals surface area contributed by atoms with E-state index in [1.165, 1.54) is 4.57 Å². The molecule has 1 aromatic heterocycles. The highest BCUT2D eigenvalue weighted by Crippen LogP contribution is 2.43. The molecule has 0 saturated heterocycles. The van der Waals surface area contributed by atoms with Crippen LogP contribution in [0.15, 0.2) is 40.5 Å². The zero-order valence-electron chi connectivity index (χ0n) is 13.6. The van der Waals surface area contributed by atoms with Crippen molar-refractivity contribution in [2.24, 2.45) is 12.8 Å². The van der Waals surface area contributed by atoms with Crippen LogP contribution in [0.2, 0.25) is 0 Å². The Kier molecular flexibility index (Phi) is 3.57. The molecule has 122 valence electrons. The van der Waals surface area contributed by atoms with E-state index in [1.807, 2.05) is 13.0 Å². The number of hydrogen-bond donors (Lipinski definition) is 2. The fraction of sp³-hybridized carbons (Fsp3) is 0.222. The van der Waals surface area contributed by atoms with Gasteiger partial charge in [0, 0.05) is 24.4 Å². The second-order valence-corrected chi connectivity index (χ2v) is 5.91. The standard InChI is InChI=1S/C18H17N3O3/c1-9-4-5-13(22)11(6-9)15-12(8-19)17(20)24-14-7-10(2)21(3)18(23)16(14)15/h4-7,15,22H,20H2,1-3H3. The first-order chi connectivity index (χ1) is 11.3. The Bertz CT molecular complexity index is 980. The van der Waals surface area contributed by atoms with Crippen molar-refractivity contribution in [1.29, 1.82) is 5.26 Å². The van der Waals surface area contributed by atoms with Crippen LogP contribution in [0.5, 0.6) is 11.5 Å². The van der Waals surface area contributed by atoms with Gasteiger partial charge in [0.1, 0.15) is 23.1 Å². The molecule has 0 spiro atoms. The number of nitriles is 1. The van der Waals surface area contributed by atoms with Gasteiger partial charge < -0.3 is 20.1 Å². The van der Waals surface area contributed by atoms with E-state index >= 15 is 0 Å². The number of pyridine rings is 1. The van der Waals surface area contributed by atoms with Crippen molar-refractivity contribution in [3.05, 3.63) is 68.5 Å². The summed E-state index contributed by atoms with van der Waals surface area (Å²) in [4.78, 5) is 12.8. The summed E-state index contributed by atoms with van der Waals surface area (Å²) in [7, 11) is 1.65. The minimum absolute atomic E-state index is 0.00151. The minimum atomic E-state index is -0.766. The number of nitrogens with two attached hydrogens (primary N) is 1. The first kappa shape index (κ1) is 15.7. The van der Waals surface area contributed by atoms with Gasteiger partial charge in [0.25, 0.3) is 5.56 Å². The SMILES string of the molecule is Cc1ccc(O)c(C2C(C#N)=C(N)Oc3cc(C)n(C)c(=O)c32)c1. The highest BCUT2D eigenvalue weighted by molar-refractivity contribution is 5.58. The molecule has 0 aliphatic carbocycles. The maximum absolute atomic E-state index is 12.8. The van der Waals surface area contributed by atoms with Gasteiger partial charge in [0.15, 0.2) is 0 Å². The van der Waals surface area contributed by atoms with Crippen molar-refractivity contribution >= 4 is 0 Å². The van der Waals surface area contributed by atoms with Crippen LogP contribution in [0.3, 0.4) is 0 Å². The molecular weight excluding hydrogens is 306 g/mol. The maximum Gasteiger partial charge on any atom is 0.258 e. The monoisotopic (exact) mass is 323 g/mol. The van der Waals surface area contributed by atoms with Gasteiger partial charge in [0.2, 0.25) is 5.88 Å². The summed E-state index contributed by atoms with van der Waals surface area (Å²) in [5, 5.41) is 19.8. The van der Waals surface area contributed by atoms with Gasteiger partial charge >= 0.3 is 0 Å². The number of fused-ring (bicyclic) bond motifs is 1. The van der Waals surface area contributed by atoms with E-state index in [0.29, 0.717) is 22.6 Å². The zero-order valence-corrected chi connectivity index (χ0v) is 13.6. The van der Waals surface area contributed by atoms with Gasteiger partial charge in [-0.25, -0.2) is 0 Å². The predicted octanol–water partition coefficient (Wildman–Crippen LogP) is 1.93. The van der Waals surface area contributed by atoms with Crippen LogP contribution >= 0.6 is 0 Å². The fourth-order valence-corrected chi connectivity index (χ4v) is 2.96. The molecule has 0 saturated carbocycles. The van der Waals surface area contributed by atoms with Crippen molar-refractivity contribution in [3.8, 4) is 17.6 Å². The van der Waals surface area contributed by atoms with Gasteiger partial charge in [-0.3, -0.25) is 4.79 Å². The number of phenols is 1. The van der Waals surface area contributed by atoms with E-state index in [2.05, 4.69) is 0 Å². The summed E-state index contributed by atoms with van der Waals surface area (Å²) >= 11 is 0. The summed E-state index contributed by atoms with van der Waals surface area (Å²) in [5.41, 5.74) is 8.10. The summed E-state index contributed by atoms with van der Waals surface area (Å²) < 4.78 is 7.00. The molecule has 2 aromatic rings. The van der Waals surface area contributed by atoms with Gasteiger partial charge in [0.05, 0.1) is 11.5 Å². The van der Waals surface area contributed by atoms with E-state index < -0.39 is 5.92 Å². The first-order valence-corrected chi connectivity index (χ1v) is 7.42. The number of rotatable bonds is 1. The van der Waals surface area contributed by atoms with Crippen LogP contribution in [0, 0.1) is 25.2 Å². The molecule has 6 heteroatoms. The smallest absolute Gasteiger partial charge is 0.258 e. The Morgan fingerprint density at radius 1 is 1.33 bits per heavy atom. The molecule has 0 fully saturated rings. The van der Waals surface area contributed by atoms with E-state index in [-0.39, 0.29) is 22.8 Å². The summed E-state index contributed by atoms with van der Waals surface area (Å²) in [5.74, 6) is -0.499. The maximum atomic E-state index is 12.8. The number of phenolic OH excluding ortho intramolecular Hbond substituents is 1. The lowest BCUT2D eigenvalue weighted by Crippen LogP contribution is -2.31. The van der Waals surface area contributed by atoms with Crippen LogP contribution in [-0.4, -0.2) is 9.67 Å². The van der Waals surface area contributed by atoms with Crippen LogP contribution in [0.4, 0.5) is 0 Å². The highest BCUT2D eigenvalue weighted by atomic mass is 16.5. The molecule has 1 aliphatic rings. The number of allylic oxidation sites excluding steroid dienone is 1. The van der Waals surface area contributed by atoms with Gasteiger partial charge in [-0.15, -0.1) is 0 Å². The molecular formula is C18H17N3O3. The van der Waals surface area contributed by atoms with E-state index in [4.69, 9.17) is 10.5 Å².